The van der Waals surface area contributed by atoms with Crippen LogP contribution in [0.4, 0.5) is 0 Å². The Balaban J connectivity index is 2.29. The number of aromatic nitrogens is 1. The molecule has 0 saturated carbocycles. The summed E-state index contributed by atoms with van der Waals surface area (Å²) in [6.07, 6.45) is 1.03. The molecule has 0 aliphatic carbocycles. The van der Waals surface area contributed by atoms with Gasteiger partial charge < -0.3 is 5.73 Å². The summed E-state index contributed by atoms with van der Waals surface area (Å²) in [7, 11) is 0. The molecule has 0 fully saturated rings. The summed E-state index contributed by atoms with van der Waals surface area (Å²) in [6, 6.07) is 4.52. The van der Waals surface area contributed by atoms with E-state index in [-0.39, 0.29) is 6.04 Å². The van der Waals surface area contributed by atoms with Crippen molar-refractivity contribution in [1.29, 1.82) is 0 Å². The first-order valence-electron chi connectivity index (χ1n) is 7.91. The van der Waals surface area contributed by atoms with Crippen LogP contribution < -0.4 is 5.73 Å². The minimum atomic E-state index is 0.0446. The van der Waals surface area contributed by atoms with E-state index in [0.717, 1.165) is 31.6 Å². The van der Waals surface area contributed by atoms with E-state index in [9.17, 15) is 0 Å². The van der Waals surface area contributed by atoms with E-state index in [4.69, 9.17) is 10.7 Å². The molecule has 0 amide bonds. The Morgan fingerprint density at radius 2 is 2.00 bits per heavy atom. The first-order valence-corrected chi connectivity index (χ1v) is 7.91. The van der Waals surface area contributed by atoms with Gasteiger partial charge in [-0.25, -0.2) is 0 Å². The summed E-state index contributed by atoms with van der Waals surface area (Å²) in [5.74, 6) is 0. The molecule has 1 aliphatic rings. The minimum Gasteiger partial charge on any atom is -0.324 e. The zero-order valence-corrected chi connectivity index (χ0v) is 13.5. The van der Waals surface area contributed by atoms with Crippen LogP contribution in [-0.4, -0.2) is 23.0 Å². The number of pyridine rings is 1. The van der Waals surface area contributed by atoms with E-state index in [1.807, 2.05) is 0 Å². The number of likely N-dealkylation sites (N-methyl/N-ethyl adjacent to an activating group) is 1. The van der Waals surface area contributed by atoms with Crippen LogP contribution in [0.1, 0.15) is 47.8 Å². The molecule has 0 spiro atoms. The highest BCUT2D eigenvalue weighted by Gasteiger charge is 2.23. The van der Waals surface area contributed by atoms with Crippen LogP contribution in [0.2, 0.25) is 0 Å². The Kier molecular flexibility index (Phi) is 3.72. The van der Waals surface area contributed by atoms with E-state index in [0.29, 0.717) is 0 Å². The summed E-state index contributed by atoms with van der Waals surface area (Å²) < 4.78 is 0. The van der Waals surface area contributed by atoms with Crippen molar-refractivity contribution in [2.75, 3.05) is 13.1 Å². The number of hydrogen-bond donors (Lipinski definition) is 1. The van der Waals surface area contributed by atoms with Crippen molar-refractivity contribution in [3.63, 3.8) is 0 Å². The lowest BCUT2D eigenvalue weighted by molar-refractivity contribution is 0.264. The molecule has 2 heterocycles. The molecule has 112 valence electrons. The van der Waals surface area contributed by atoms with Crippen LogP contribution in [0.25, 0.3) is 10.9 Å². The maximum Gasteiger partial charge on any atom is 0.0711 e. The van der Waals surface area contributed by atoms with Crippen LogP contribution in [0.15, 0.2) is 12.1 Å². The fourth-order valence-electron chi connectivity index (χ4n) is 3.38. The van der Waals surface area contributed by atoms with Crippen LogP contribution in [0.5, 0.6) is 0 Å². The average molecular weight is 283 g/mol. The first-order chi connectivity index (χ1) is 10.0. The molecule has 0 bridgehead atoms. The monoisotopic (exact) mass is 283 g/mol. The topological polar surface area (TPSA) is 42.2 Å². The molecular formula is C18H25N3. The zero-order chi connectivity index (χ0) is 15.1. The normalized spacial score (nSPS) is 17.0. The predicted molar refractivity (Wildman–Crippen MR) is 88.5 cm³/mol. The Labute approximate surface area is 127 Å². The third-order valence-electron chi connectivity index (χ3n) is 4.78. The highest BCUT2D eigenvalue weighted by Crippen LogP contribution is 2.32. The number of benzene rings is 1. The fourth-order valence-corrected chi connectivity index (χ4v) is 3.38. The van der Waals surface area contributed by atoms with E-state index >= 15 is 0 Å². The van der Waals surface area contributed by atoms with Gasteiger partial charge in [0.2, 0.25) is 0 Å². The standard InChI is InChI=1S/C18H25N3/c1-5-21-7-6-16-15(10-21)18(13(4)19)14-8-11(2)12(3)9-17(14)20-16/h8-9,13H,5-7,10,19H2,1-4H3. The zero-order valence-electron chi connectivity index (χ0n) is 13.5. The predicted octanol–water partition coefficient (Wildman–Crippen LogP) is 3.25. The van der Waals surface area contributed by atoms with Gasteiger partial charge in [0.1, 0.15) is 0 Å². The Bertz CT molecular complexity index is 689. The van der Waals surface area contributed by atoms with Crippen molar-refractivity contribution in [3.8, 4) is 0 Å². The number of rotatable bonds is 2. The van der Waals surface area contributed by atoms with Gasteiger partial charge in [-0.1, -0.05) is 6.92 Å². The molecule has 0 saturated heterocycles. The molecule has 1 aromatic carbocycles. The maximum absolute atomic E-state index is 6.33. The molecular weight excluding hydrogens is 258 g/mol. The summed E-state index contributed by atoms with van der Waals surface area (Å²) >= 11 is 0. The Morgan fingerprint density at radius 3 is 2.67 bits per heavy atom. The summed E-state index contributed by atoms with van der Waals surface area (Å²) in [5.41, 5.74) is 14.0. The van der Waals surface area contributed by atoms with Crippen LogP contribution >= 0.6 is 0 Å². The molecule has 1 aromatic heterocycles. The Morgan fingerprint density at radius 1 is 1.29 bits per heavy atom. The maximum atomic E-state index is 6.33. The SMILES string of the molecule is CCN1CCc2nc3cc(C)c(C)cc3c(C(C)N)c2C1. The average Bonchev–Trinajstić information content (AvgIpc) is 2.45. The highest BCUT2D eigenvalue weighted by molar-refractivity contribution is 5.86. The largest absolute Gasteiger partial charge is 0.324 e. The van der Waals surface area contributed by atoms with Gasteiger partial charge in [-0.05, 0) is 61.7 Å². The summed E-state index contributed by atoms with van der Waals surface area (Å²) in [4.78, 5) is 7.42. The lowest BCUT2D eigenvalue weighted by Crippen LogP contribution is -2.32. The van der Waals surface area contributed by atoms with Crippen LogP contribution in [0, 0.1) is 13.8 Å². The van der Waals surface area contributed by atoms with Crippen molar-refractivity contribution in [1.82, 2.24) is 9.88 Å². The number of nitrogens with two attached hydrogens (primary N) is 1. The Hall–Kier alpha value is -1.45. The molecule has 1 unspecified atom stereocenters. The van der Waals surface area contributed by atoms with Crippen molar-refractivity contribution in [2.24, 2.45) is 5.73 Å². The third-order valence-corrected chi connectivity index (χ3v) is 4.78. The van der Waals surface area contributed by atoms with Gasteiger partial charge in [-0.2, -0.15) is 0 Å². The van der Waals surface area contributed by atoms with Gasteiger partial charge >= 0.3 is 0 Å². The van der Waals surface area contributed by atoms with Crippen LogP contribution in [0.3, 0.4) is 0 Å². The third kappa shape index (κ3) is 2.45. The molecule has 0 radical (unpaired) electrons. The molecule has 1 aliphatic heterocycles. The van der Waals surface area contributed by atoms with Crippen molar-refractivity contribution in [3.05, 3.63) is 40.1 Å². The second-order valence-electron chi connectivity index (χ2n) is 6.31. The van der Waals surface area contributed by atoms with Gasteiger partial charge in [0.25, 0.3) is 0 Å². The second kappa shape index (κ2) is 5.39. The summed E-state index contributed by atoms with van der Waals surface area (Å²) in [6.45, 7) is 11.8. The lowest BCUT2D eigenvalue weighted by atomic mass is 9.91. The van der Waals surface area contributed by atoms with Crippen molar-refractivity contribution >= 4 is 10.9 Å². The molecule has 2 N–H and O–H groups in total. The highest BCUT2D eigenvalue weighted by atomic mass is 15.1. The quantitative estimate of drug-likeness (QED) is 0.920. The molecule has 3 rings (SSSR count). The van der Waals surface area contributed by atoms with Gasteiger partial charge in [-0.3, -0.25) is 9.88 Å². The molecule has 3 heteroatoms. The number of hydrogen-bond acceptors (Lipinski definition) is 3. The van der Waals surface area contributed by atoms with Crippen molar-refractivity contribution in [2.45, 2.75) is 46.7 Å². The van der Waals surface area contributed by atoms with Gasteiger partial charge in [0, 0.05) is 36.6 Å². The summed E-state index contributed by atoms with van der Waals surface area (Å²) in [5, 5.41) is 1.24. The van der Waals surface area contributed by atoms with Crippen LogP contribution in [-0.2, 0) is 13.0 Å². The molecule has 1 atom stereocenters. The van der Waals surface area contributed by atoms with E-state index < -0.39 is 0 Å². The second-order valence-corrected chi connectivity index (χ2v) is 6.31. The molecule has 3 nitrogen and oxygen atoms in total. The molecule has 21 heavy (non-hydrogen) atoms. The number of nitrogens with zero attached hydrogens (tertiary/aromatic N) is 2. The van der Waals surface area contributed by atoms with Gasteiger partial charge in [-0.15, -0.1) is 0 Å². The number of aryl methyl sites for hydroxylation is 2. The van der Waals surface area contributed by atoms with Gasteiger partial charge in [0.05, 0.1) is 5.52 Å². The van der Waals surface area contributed by atoms with Crippen molar-refractivity contribution < 1.29 is 0 Å². The fraction of sp³-hybridized carbons (Fsp3) is 0.500. The smallest absolute Gasteiger partial charge is 0.0711 e. The van der Waals surface area contributed by atoms with E-state index in [2.05, 4.69) is 44.7 Å². The van der Waals surface area contributed by atoms with E-state index in [1.165, 1.54) is 33.3 Å². The molecule has 2 aromatic rings. The lowest BCUT2D eigenvalue weighted by Gasteiger charge is -2.30. The number of fused-ring (bicyclic) bond motifs is 2. The minimum absolute atomic E-state index is 0.0446. The first kappa shape index (κ1) is 14.5. The van der Waals surface area contributed by atoms with E-state index in [1.54, 1.807) is 0 Å². The van der Waals surface area contributed by atoms with Gasteiger partial charge in [0.15, 0.2) is 0 Å².